The fourth-order valence-electron chi connectivity index (χ4n) is 4.49. The number of nitrogens with one attached hydrogen (secondary N) is 2. The molecule has 0 aromatic rings. The van der Waals surface area contributed by atoms with Crippen LogP contribution in [0.15, 0.2) is 0 Å². The predicted octanol–water partition coefficient (Wildman–Crippen LogP) is -1.75. The lowest BCUT2D eigenvalue weighted by atomic mass is 9.79. The van der Waals surface area contributed by atoms with Crippen molar-refractivity contribution in [1.82, 2.24) is 14.3 Å². The Morgan fingerprint density at radius 3 is 2.34 bits per heavy atom. The van der Waals surface area contributed by atoms with Crippen molar-refractivity contribution in [2.45, 2.75) is 81.4 Å². The zero-order chi connectivity index (χ0) is 21.7. The lowest BCUT2D eigenvalue weighted by Gasteiger charge is -2.31. The summed E-state index contributed by atoms with van der Waals surface area (Å²) in [7, 11) is -5.14. The highest BCUT2D eigenvalue weighted by atomic mass is 32.2. The van der Waals surface area contributed by atoms with Gasteiger partial charge >= 0.3 is 7.12 Å². The molecule has 2 saturated carbocycles. The summed E-state index contributed by atoms with van der Waals surface area (Å²) in [4.78, 5) is 12.1. The molecule has 1 saturated heterocycles. The third-order valence-electron chi connectivity index (χ3n) is 6.74. The molecule has 0 aromatic carbocycles. The molecular formula is C17H34BN5O5S. The van der Waals surface area contributed by atoms with E-state index in [1.807, 2.05) is 6.92 Å². The number of carbonyl (C=O) groups excluding carboxylic acids is 1. The first-order valence-corrected chi connectivity index (χ1v) is 11.8. The molecule has 10 nitrogen and oxygen atoms in total. The Morgan fingerprint density at radius 2 is 1.86 bits per heavy atom. The van der Waals surface area contributed by atoms with E-state index in [9.17, 15) is 13.2 Å². The number of carbonyl (C=O) groups is 1. The van der Waals surface area contributed by atoms with Gasteiger partial charge in [0.2, 0.25) is 5.91 Å². The molecule has 0 spiro atoms. The van der Waals surface area contributed by atoms with Gasteiger partial charge in [-0.05, 0) is 58.2 Å². The molecular weight excluding hydrogens is 397 g/mol. The second-order valence-electron chi connectivity index (χ2n) is 9.46. The van der Waals surface area contributed by atoms with Crippen LogP contribution in [0, 0.1) is 5.92 Å². The highest BCUT2D eigenvalue weighted by Crippen LogP contribution is 2.57. The van der Waals surface area contributed by atoms with E-state index in [4.69, 9.17) is 21.5 Å². The van der Waals surface area contributed by atoms with Crippen molar-refractivity contribution in [2.24, 2.45) is 17.4 Å². The molecule has 0 radical (unpaired) electrons. The molecule has 29 heavy (non-hydrogen) atoms. The van der Waals surface area contributed by atoms with Gasteiger partial charge in [0.15, 0.2) is 0 Å². The summed E-state index contributed by atoms with van der Waals surface area (Å²) < 4.78 is 30.5. The Hall–Kier alpha value is -0.755. The minimum absolute atomic E-state index is 0.0688. The zero-order valence-electron chi connectivity index (χ0n) is 17.2. The number of nitrogens with zero attached hydrogens (tertiary/aromatic N) is 1. The average molecular weight is 431 g/mol. The molecule has 0 aromatic heterocycles. The van der Waals surface area contributed by atoms with E-state index in [-0.39, 0.29) is 24.7 Å². The Kier molecular flexibility index (Phi) is 6.12. The zero-order valence-corrected chi connectivity index (χ0v) is 18.0. The maximum atomic E-state index is 13.1. The van der Waals surface area contributed by atoms with Crippen LogP contribution in [-0.2, 0) is 15.0 Å². The van der Waals surface area contributed by atoms with E-state index in [0.29, 0.717) is 32.2 Å². The molecule has 1 amide bonds. The molecule has 1 aliphatic heterocycles. The topological polar surface area (TPSA) is 171 Å². The third-order valence-corrected chi connectivity index (χ3v) is 8.35. The van der Waals surface area contributed by atoms with Crippen molar-refractivity contribution in [2.75, 3.05) is 13.1 Å². The molecule has 0 bridgehead atoms. The quantitative estimate of drug-likeness (QED) is 0.223. The number of amides is 1. The monoisotopic (exact) mass is 431 g/mol. The summed E-state index contributed by atoms with van der Waals surface area (Å²) in [5, 5.41) is 21.0. The van der Waals surface area contributed by atoms with Gasteiger partial charge in [-0.3, -0.25) is 4.79 Å². The van der Waals surface area contributed by atoms with Crippen LogP contribution in [0.25, 0.3) is 0 Å². The van der Waals surface area contributed by atoms with Crippen molar-refractivity contribution in [3.05, 3.63) is 0 Å². The number of nitrogens with two attached hydrogens (primary N) is 2. The Morgan fingerprint density at radius 1 is 1.28 bits per heavy atom. The van der Waals surface area contributed by atoms with Gasteiger partial charge in [0.1, 0.15) is 0 Å². The minimum Gasteiger partial charge on any atom is -0.427 e. The van der Waals surface area contributed by atoms with Gasteiger partial charge in [-0.15, -0.1) is 0 Å². The second-order valence-corrected chi connectivity index (χ2v) is 11.1. The number of hydrogen-bond acceptors (Lipinski definition) is 7. The van der Waals surface area contributed by atoms with Crippen LogP contribution in [0.4, 0.5) is 0 Å². The molecule has 3 fully saturated rings. The van der Waals surface area contributed by atoms with E-state index in [1.165, 1.54) is 4.31 Å². The summed E-state index contributed by atoms with van der Waals surface area (Å²) in [6, 6.07) is -0.644. The lowest BCUT2D eigenvalue weighted by molar-refractivity contribution is -0.123. The second kappa shape index (κ2) is 7.74. The van der Waals surface area contributed by atoms with Crippen LogP contribution in [0.5, 0.6) is 0 Å². The highest BCUT2D eigenvalue weighted by Gasteiger charge is 2.68. The van der Waals surface area contributed by atoms with Gasteiger partial charge in [-0.2, -0.15) is 17.4 Å². The van der Waals surface area contributed by atoms with Crippen molar-refractivity contribution in [3.63, 3.8) is 0 Å². The first kappa shape index (κ1) is 22.9. The molecule has 12 heteroatoms. The molecule has 2 aliphatic carbocycles. The highest BCUT2D eigenvalue weighted by molar-refractivity contribution is 7.87. The van der Waals surface area contributed by atoms with Crippen molar-refractivity contribution >= 4 is 23.2 Å². The Balaban J connectivity index is 1.65. The maximum absolute atomic E-state index is 13.1. The first-order valence-electron chi connectivity index (χ1n) is 10.3. The van der Waals surface area contributed by atoms with Crippen LogP contribution >= 0.6 is 0 Å². The lowest BCUT2D eigenvalue weighted by Crippen LogP contribution is -2.60. The Labute approximate surface area is 173 Å². The average Bonchev–Trinajstić information content (AvgIpc) is 3.49. The number of hydrogen-bond donors (Lipinski definition) is 6. The molecule has 8 N–H and O–H groups in total. The summed E-state index contributed by atoms with van der Waals surface area (Å²) in [5.41, 5.74) is 10.1. The fraction of sp³-hybridized carbons (Fsp3) is 0.941. The summed E-state index contributed by atoms with van der Waals surface area (Å²) in [6.07, 6.45) is 4.24. The van der Waals surface area contributed by atoms with E-state index in [0.717, 1.165) is 12.8 Å². The van der Waals surface area contributed by atoms with Crippen LogP contribution in [0.2, 0.25) is 6.32 Å². The normalized spacial score (nSPS) is 31.3. The minimum atomic E-state index is -3.78. The summed E-state index contributed by atoms with van der Waals surface area (Å²) in [5.74, 6) is -0.338. The van der Waals surface area contributed by atoms with E-state index >= 15 is 0 Å². The van der Waals surface area contributed by atoms with Gasteiger partial charge in [-0.1, -0.05) is 6.42 Å². The number of rotatable bonds is 10. The van der Waals surface area contributed by atoms with Crippen molar-refractivity contribution in [1.29, 1.82) is 0 Å². The standard InChI is InChI=1S/C17H34BN5O5S/c1-12(19)14(24)21-16(5-6-16)17(7-8-17)22-29(27,28)23-10-13(15(2,20)11-23)4-3-9-18(25)26/h12-13,22,25-26H,3-11,19-20H2,1-2H3,(H,21,24)/t12-,13-,15-/m0/s1. The maximum Gasteiger partial charge on any atom is 0.451 e. The fourth-order valence-corrected chi connectivity index (χ4v) is 6.34. The molecule has 3 aliphatic rings. The smallest absolute Gasteiger partial charge is 0.427 e. The SMILES string of the molecule is C[C@H](N)C(=O)NC1(C2(NS(=O)(=O)N3C[C@H](CCCB(O)O)[C@@](C)(N)C3)CC2)CC1. The van der Waals surface area contributed by atoms with E-state index in [1.54, 1.807) is 6.92 Å². The summed E-state index contributed by atoms with van der Waals surface area (Å²) >= 11 is 0. The van der Waals surface area contributed by atoms with Crippen LogP contribution in [0.3, 0.4) is 0 Å². The van der Waals surface area contributed by atoms with E-state index in [2.05, 4.69) is 10.0 Å². The Bertz CT molecular complexity index is 736. The molecule has 3 rings (SSSR count). The van der Waals surface area contributed by atoms with Gasteiger partial charge in [0.25, 0.3) is 10.2 Å². The van der Waals surface area contributed by atoms with Gasteiger partial charge in [0, 0.05) is 18.6 Å². The van der Waals surface area contributed by atoms with E-state index < -0.39 is 40.0 Å². The van der Waals surface area contributed by atoms with Gasteiger partial charge < -0.3 is 26.8 Å². The van der Waals surface area contributed by atoms with Gasteiger partial charge in [-0.25, -0.2) is 0 Å². The van der Waals surface area contributed by atoms with Crippen LogP contribution < -0.4 is 21.5 Å². The van der Waals surface area contributed by atoms with Crippen molar-refractivity contribution < 1.29 is 23.3 Å². The first-order chi connectivity index (χ1) is 13.3. The molecule has 1 heterocycles. The predicted molar refractivity (Wildman–Crippen MR) is 110 cm³/mol. The van der Waals surface area contributed by atoms with Crippen molar-refractivity contribution in [3.8, 4) is 0 Å². The van der Waals surface area contributed by atoms with Crippen LogP contribution in [-0.4, -0.2) is 71.5 Å². The van der Waals surface area contributed by atoms with Crippen LogP contribution in [0.1, 0.15) is 52.4 Å². The van der Waals surface area contributed by atoms with Gasteiger partial charge in [0.05, 0.1) is 17.1 Å². The third kappa shape index (κ3) is 4.78. The largest absolute Gasteiger partial charge is 0.451 e. The molecule has 0 unspecified atom stereocenters. The molecule has 3 atom stereocenters. The molecule has 166 valence electrons. The summed E-state index contributed by atoms with van der Waals surface area (Å²) in [6.45, 7) is 3.93.